The van der Waals surface area contributed by atoms with Crippen LogP contribution in [0.4, 0.5) is 0 Å². The molecular weight excluding hydrogens is 256 g/mol. The van der Waals surface area contributed by atoms with Crippen molar-refractivity contribution < 1.29 is 4.79 Å². The third kappa shape index (κ3) is 2.33. The van der Waals surface area contributed by atoms with Gasteiger partial charge in [-0.2, -0.15) is 0 Å². The Morgan fingerprint density at radius 3 is 2.67 bits per heavy atom. The number of carbonyl (C=O) groups excluding carboxylic acids is 1. The Hall–Kier alpha value is -1.42. The van der Waals surface area contributed by atoms with Crippen LogP contribution in [0.3, 0.4) is 0 Å². The molecule has 4 heteroatoms. The number of ketones is 1. The molecule has 0 fully saturated rings. The van der Waals surface area contributed by atoms with Gasteiger partial charge >= 0.3 is 0 Å². The first kappa shape index (κ1) is 10.1. The van der Waals surface area contributed by atoms with Gasteiger partial charge in [0.15, 0.2) is 10.5 Å². The molecule has 2 aromatic rings. The van der Waals surface area contributed by atoms with E-state index in [1.165, 1.54) is 0 Å². The standard InChI is InChI=1S/C11H9BrN2O/c12-11-13-6-7-14(11)8-10(15)9-4-2-1-3-5-9/h1-7H,8H2. The lowest BCUT2D eigenvalue weighted by molar-refractivity contribution is 0.0971. The largest absolute Gasteiger partial charge is 0.318 e. The second-order valence-corrected chi connectivity index (χ2v) is 3.82. The van der Waals surface area contributed by atoms with Crippen LogP contribution in [0.2, 0.25) is 0 Å². The van der Waals surface area contributed by atoms with E-state index in [4.69, 9.17) is 0 Å². The molecule has 2 rings (SSSR count). The summed E-state index contributed by atoms with van der Waals surface area (Å²) in [7, 11) is 0. The third-order valence-electron chi connectivity index (χ3n) is 2.07. The van der Waals surface area contributed by atoms with E-state index in [0.717, 1.165) is 5.56 Å². The van der Waals surface area contributed by atoms with Crippen LogP contribution in [-0.2, 0) is 6.54 Å². The number of nitrogens with zero attached hydrogens (tertiary/aromatic N) is 2. The molecule has 15 heavy (non-hydrogen) atoms. The number of imidazole rings is 1. The number of rotatable bonds is 3. The molecule has 0 spiro atoms. The molecule has 1 aromatic carbocycles. The van der Waals surface area contributed by atoms with Gasteiger partial charge < -0.3 is 4.57 Å². The summed E-state index contributed by atoms with van der Waals surface area (Å²) in [6, 6.07) is 9.23. The van der Waals surface area contributed by atoms with Gasteiger partial charge in [0.2, 0.25) is 0 Å². The molecule has 1 aromatic heterocycles. The lowest BCUT2D eigenvalue weighted by atomic mass is 10.1. The summed E-state index contributed by atoms with van der Waals surface area (Å²) >= 11 is 3.27. The summed E-state index contributed by atoms with van der Waals surface area (Å²) in [5.41, 5.74) is 0.720. The minimum Gasteiger partial charge on any atom is -0.318 e. The maximum Gasteiger partial charge on any atom is 0.182 e. The maximum absolute atomic E-state index is 11.8. The van der Waals surface area contributed by atoms with Gasteiger partial charge in [-0.25, -0.2) is 4.98 Å². The van der Waals surface area contributed by atoms with Crippen LogP contribution in [0.25, 0.3) is 0 Å². The van der Waals surface area contributed by atoms with Gasteiger partial charge in [0.1, 0.15) is 0 Å². The average Bonchev–Trinajstić information content (AvgIpc) is 2.66. The van der Waals surface area contributed by atoms with Crippen molar-refractivity contribution in [3.05, 3.63) is 53.0 Å². The average molecular weight is 265 g/mol. The molecular formula is C11H9BrN2O. The normalized spacial score (nSPS) is 10.2. The summed E-state index contributed by atoms with van der Waals surface area (Å²) in [6.45, 7) is 0.310. The smallest absolute Gasteiger partial charge is 0.182 e. The molecule has 0 saturated heterocycles. The molecule has 0 unspecified atom stereocenters. The van der Waals surface area contributed by atoms with Gasteiger partial charge in [-0.15, -0.1) is 0 Å². The topological polar surface area (TPSA) is 34.9 Å². The van der Waals surface area contributed by atoms with Crippen LogP contribution in [0, 0.1) is 0 Å². The Labute approximate surface area is 95.9 Å². The highest BCUT2D eigenvalue weighted by Crippen LogP contribution is 2.08. The maximum atomic E-state index is 11.8. The molecule has 0 bridgehead atoms. The van der Waals surface area contributed by atoms with E-state index in [0.29, 0.717) is 11.3 Å². The van der Waals surface area contributed by atoms with Crippen LogP contribution < -0.4 is 0 Å². The highest BCUT2D eigenvalue weighted by atomic mass is 79.9. The fourth-order valence-electron chi connectivity index (χ4n) is 1.30. The van der Waals surface area contributed by atoms with E-state index in [1.807, 2.05) is 30.3 Å². The fourth-order valence-corrected chi connectivity index (χ4v) is 1.66. The number of aromatic nitrogens is 2. The van der Waals surface area contributed by atoms with Crippen LogP contribution in [0.5, 0.6) is 0 Å². The van der Waals surface area contributed by atoms with Crippen molar-refractivity contribution in [2.24, 2.45) is 0 Å². The lowest BCUT2D eigenvalue weighted by Crippen LogP contribution is -2.09. The quantitative estimate of drug-likeness (QED) is 0.799. The molecule has 0 N–H and O–H groups in total. The van der Waals surface area contributed by atoms with Crippen molar-refractivity contribution in [2.75, 3.05) is 0 Å². The zero-order valence-electron chi connectivity index (χ0n) is 7.93. The van der Waals surface area contributed by atoms with Crippen molar-refractivity contribution >= 4 is 21.7 Å². The van der Waals surface area contributed by atoms with Gasteiger partial charge in [0, 0.05) is 18.0 Å². The molecule has 0 atom stereocenters. The SMILES string of the molecule is O=C(Cn1ccnc1Br)c1ccccc1. The molecule has 0 saturated carbocycles. The van der Waals surface area contributed by atoms with E-state index < -0.39 is 0 Å². The van der Waals surface area contributed by atoms with Gasteiger partial charge in [-0.3, -0.25) is 4.79 Å². The predicted octanol–water partition coefficient (Wildman–Crippen LogP) is 2.53. The van der Waals surface area contributed by atoms with Gasteiger partial charge in [0.25, 0.3) is 0 Å². The lowest BCUT2D eigenvalue weighted by Gasteiger charge is -2.02. The molecule has 0 radical (unpaired) electrons. The van der Waals surface area contributed by atoms with Crippen LogP contribution in [0.15, 0.2) is 47.5 Å². The number of hydrogen-bond acceptors (Lipinski definition) is 2. The minimum atomic E-state index is 0.0781. The Morgan fingerprint density at radius 1 is 1.33 bits per heavy atom. The Morgan fingerprint density at radius 2 is 2.07 bits per heavy atom. The van der Waals surface area contributed by atoms with E-state index in [2.05, 4.69) is 20.9 Å². The second-order valence-electron chi connectivity index (χ2n) is 3.11. The summed E-state index contributed by atoms with van der Waals surface area (Å²) in [5.74, 6) is 0.0781. The number of benzene rings is 1. The van der Waals surface area contributed by atoms with Crippen molar-refractivity contribution in [3.63, 3.8) is 0 Å². The second kappa shape index (κ2) is 4.40. The molecule has 0 amide bonds. The molecule has 0 aliphatic carbocycles. The van der Waals surface area contributed by atoms with E-state index in [9.17, 15) is 4.79 Å². The molecule has 0 aliphatic heterocycles. The Balaban J connectivity index is 2.15. The van der Waals surface area contributed by atoms with Crippen molar-refractivity contribution in [1.82, 2.24) is 9.55 Å². The molecule has 76 valence electrons. The van der Waals surface area contributed by atoms with Gasteiger partial charge in [0.05, 0.1) is 6.54 Å². The molecule has 0 aliphatic rings. The first-order valence-electron chi connectivity index (χ1n) is 4.52. The predicted molar refractivity (Wildman–Crippen MR) is 60.7 cm³/mol. The number of Topliss-reactive ketones (excluding diaryl/α,β-unsaturated/α-hetero) is 1. The monoisotopic (exact) mass is 264 g/mol. The summed E-state index contributed by atoms with van der Waals surface area (Å²) in [4.78, 5) is 15.8. The van der Waals surface area contributed by atoms with E-state index in [1.54, 1.807) is 17.0 Å². The number of hydrogen-bond donors (Lipinski definition) is 0. The van der Waals surface area contributed by atoms with Crippen molar-refractivity contribution in [2.45, 2.75) is 6.54 Å². The van der Waals surface area contributed by atoms with Crippen molar-refractivity contribution in [1.29, 1.82) is 0 Å². The Bertz CT molecular complexity index is 464. The molecule has 3 nitrogen and oxygen atoms in total. The summed E-state index contributed by atoms with van der Waals surface area (Å²) in [5, 5.41) is 0. The first-order chi connectivity index (χ1) is 7.27. The van der Waals surface area contributed by atoms with E-state index >= 15 is 0 Å². The highest BCUT2D eigenvalue weighted by Gasteiger charge is 2.07. The fraction of sp³-hybridized carbons (Fsp3) is 0.0909. The number of carbonyl (C=O) groups is 1. The van der Waals surface area contributed by atoms with Gasteiger partial charge in [-0.05, 0) is 15.9 Å². The minimum absolute atomic E-state index is 0.0781. The molecule has 1 heterocycles. The Kier molecular flexibility index (Phi) is 2.97. The van der Waals surface area contributed by atoms with Crippen molar-refractivity contribution in [3.8, 4) is 0 Å². The summed E-state index contributed by atoms with van der Waals surface area (Å²) < 4.78 is 2.43. The number of halogens is 1. The van der Waals surface area contributed by atoms with E-state index in [-0.39, 0.29) is 5.78 Å². The zero-order valence-corrected chi connectivity index (χ0v) is 9.52. The van der Waals surface area contributed by atoms with Crippen LogP contribution >= 0.6 is 15.9 Å². The van der Waals surface area contributed by atoms with Crippen LogP contribution in [-0.4, -0.2) is 15.3 Å². The van der Waals surface area contributed by atoms with Gasteiger partial charge in [-0.1, -0.05) is 30.3 Å². The highest BCUT2D eigenvalue weighted by molar-refractivity contribution is 9.10. The third-order valence-corrected chi connectivity index (χ3v) is 2.73. The summed E-state index contributed by atoms with van der Waals surface area (Å²) in [6.07, 6.45) is 3.42. The van der Waals surface area contributed by atoms with Crippen LogP contribution in [0.1, 0.15) is 10.4 Å². The zero-order chi connectivity index (χ0) is 10.7. The first-order valence-corrected chi connectivity index (χ1v) is 5.31.